The first-order chi connectivity index (χ1) is 6.42. The van der Waals surface area contributed by atoms with Crippen molar-refractivity contribution in [1.82, 2.24) is 29.9 Å². The van der Waals surface area contributed by atoms with Gasteiger partial charge in [-0.05, 0) is 6.42 Å². The molecule has 6 heteroatoms. The summed E-state index contributed by atoms with van der Waals surface area (Å²) in [4.78, 5) is 7.98. The second-order valence-corrected chi connectivity index (χ2v) is 2.67. The normalized spacial score (nSPS) is 13.0. The van der Waals surface area contributed by atoms with E-state index in [9.17, 15) is 0 Å². The topological polar surface area (TPSA) is 72.3 Å². The van der Waals surface area contributed by atoms with Crippen LogP contribution in [-0.2, 0) is 0 Å². The van der Waals surface area contributed by atoms with Gasteiger partial charge < -0.3 is 0 Å². The van der Waals surface area contributed by atoms with Crippen LogP contribution >= 0.6 is 0 Å². The van der Waals surface area contributed by atoms with E-state index >= 15 is 0 Å². The Kier molecular flexibility index (Phi) is 2.03. The Labute approximate surface area is 75.0 Å². The molecule has 6 nitrogen and oxygen atoms in total. The van der Waals surface area contributed by atoms with Gasteiger partial charge in [-0.15, -0.1) is 0 Å². The quantitative estimate of drug-likeness (QED) is 0.738. The second-order valence-electron chi connectivity index (χ2n) is 2.67. The van der Waals surface area contributed by atoms with Crippen molar-refractivity contribution in [3.8, 4) is 0 Å². The van der Waals surface area contributed by atoms with Crippen LogP contribution in [-0.4, -0.2) is 29.9 Å². The van der Waals surface area contributed by atoms with E-state index in [1.165, 1.54) is 12.7 Å². The molecule has 2 aromatic rings. The van der Waals surface area contributed by atoms with Crippen molar-refractivity contribution in [1.29, 1.82) is 0 Å². The average molecular weight is 178 g/mol. The Balaban J connectivity index is 2.29. The molecule has 1 atom stereocenters. The Bertz CT molecular complexity index is 303. The van der Waals surface area contributed by atoms with Crippen LogP contribution in [0.1, 0.15) is 25.2 Å². The molecule has 1 N–H and O–H groups in total. The number of hydrogen-bond acceptors (Lipinski definition) is 4. The first-order valence-corrected chi connectivity index (χ1v) is 4.11. The molecule has 0 aliphatic rings. The number of H-pyrrole nitrogens is 1. The van der Waals surface area contributed by atoms with E-state index in [1.54, 1.807) is 11.0 Å². The molecule has 1 unspecified atom stereocenters. The molecule has 2 heterocycles. The summed E-state index contributed by atoms with van der Waals surface area (Å²) in [7, 11) is 0. The molecule has 0 amide bonds. The number of rotatable bonds is 3. The highest BCUT2D eigenvalue weighted by atomic mass is 15.4. The largest absolute Gasteiger partial charge is 0.262 e. The number of aromatic amines is 1. The fourth-order valence-electron chi connectivity index (χ4n) is 1.26. The SMILES string of the molecule is CCC(c1ncn[nH]1)n1cncn1. The average Bonchev–Trinajstić information content (AvgIpc) is 2.76. The Morgan fingerprint density at radius 1 is 1.54 bits per heavy atom. The summed E-state index contributed by atoms with van der Waals surface area (Å²) in [5, 5.41) is 10.7. The molecule has 0 aromatic carbocycles. The standard InChI is InChI=1S/C7H10N6/c1-2-6(7-9-4-10-12-7)13-5-8-3-11-13/h3-6H,2H2,1H3,(H,9,10,12). The summed E-state index contributed by atoms with van der Waals surface area (Å²) in [6, 6.07) is 0.102. The lowest BCUT2D eigenvalue weighted by molar-refractivity contribution is 0.484. The van der Waals surface area contributed by atoms with Gasteiger partial charge in [-0.2, -0.15) is 10.2 Å². The Hall–Kier alpha value is -1.72. The Morgan fingerprint density at radius 3 is 3.00 bits per heavy atom. The van der Waals surface area contributed by atoms with E-state index in [-0.39, 0.29) is 6.04 Å². The lowest BCUT2D eigenvalue weighted by Gasteiger charge is -2.10. The number of aromatic nitrogens is 6. The van der Waals surface area contributed by atoms with E-state index in [2.05, 4.69) is 32.2 Å². The highest BCUT2D eigenvalue weighted by Gasteiger charge is 2.14. The van der Waals surface area contributed by atoms with Gasteiger partial charge in [-0.3, -0.25) is 5.10 Å². The molecule has 0 radical (unpaired) electrons. The minimum Gasteiger partial charge on any atom is -0.262 e. The van der Waals surface area contributed by atoms with Crippen molar-refractivity contribution < 1.29 is 0 Å². The van der Waals surface area contributed by atoms with Crippen LogP contribution in [0, 0.1) is 0 Å². The lowest BCUT2D eigenvalue weighted by Crippen LogP contribution is -2.11. The summed E-state index contributed by atoms with van der Waals surface area (Å²) >= 11 is 0. The van der Waals surface area contributed by atoms with Gasteiger partial charge in [0.15, 0.2) is 0 Å². The zero-order valence-corrected chi connectivity index (χ0v) is 7.25. The number of hydrogen-bond donors (Lipinski definition) is 1. The highest BCUT2D eigenvalue weighted by Crippen LogP contribution is 2.14. The molecular weight excluding hydrogens is 168 g/mol. The molecule has 13 heavy (non-hydrogen) atoms. The number of nitrogens with zero attached hydrogens (tertiary/aromatic N) is 5. The number of nitrogens with one attached hydrogen (secondary N) is 1. The first kappa shape index (κ1) is 7.90. The molecule has 0 bridgehead atoms. The highest BCUT2D eigenvalue weighted by molar-refractivity contribution is 4.92. The lowest BCUT2D eigenvalue weighted by atomic mass is 10.2. The molecule has 0 spiro atoms. The molecular formula is C7H10N6. The van der Waals surface area contributed by atoms with Crippen molar-refractivity contribution in [2.24, 2.45) is 0 Å². The van der Waals surface area contributed by atoms with Gasteiger partial charge in [-0.25, -0.2) is 14.6 Å². The minimum atomic E-state index is 0.102. The second kappa shape index (κ2) is 3.34. The maximum absolute atomic E-state index is 4.09. The van der Waals surface area contributed by atoms with Gasteiger partial charge in [0.05, 0.1) is 0 Å². The van der Waals surface area contributed by atoms with Gasteiger partial charge in [0.1, 0.15) is 30.8 Å². The maximum Gasteiger partial charge on any atom is 0.149 e. The van der Waals surface area contributed by atoms with Crippen LogP contribution in [0.25, 0.3) is 0 Å². The van der Waals surface area contributed by atoms with E-state index in [0.29, 0.717) is 0 Å². The van der Waals surface area contributed by atoms with Crippen molar-refractivity contribution in [2.45, 2.75) is 19.4 Å². The van der Waals surface area contributed by atoms with Gasteiger partial charge in [0, 0.05) is 0 Å². The molecule has 0 aliphatic carbocycles. The zero-order chi connectivity index (χ0) is 9.10. The van der Waals surface area contributed by atoms with Crippen molar-refractivity contribution in [3.63, 3.8) is 0 Å². The van der Waals surface area contributed by atoms with Gasteiger partial charge in [0.2, 0.25) is 0 Å². The molecule has 0 aliphatic heterocycles. The monoisotopic (exact) mass is 178 g/mol. The van der Waals surface area contributed by atoms with Crippen LogP contribution in [0.3, 0.4) is 0 Å². The van der Waals surface area contributed by atoms with Crippen LogP contribution in [0.4, 0.5) is 0 Å². The fourth-order valence-corrected chi connectivity index (χ4v) is 1.26. The van der Waals surface area contributed by atoms with Crippen molar-refractivity contribution in [3.05, 3.63) is 24.8 Å². The molecule has 2 rings (SSSR count). The van der Waals surface area contributed by atoms with Crippen molar-refractivity contribution in [2.75, 3.05) is 0 Å². The smallest absolute Gasteiger partial charge is 0.149 e. The summed E-state index contributed by atoms with van der Waals surface area (Å²) in [6.45, 7) is 2.06. The van der Waals surface area contributed by atoms with Gasteiger partial charge in [0.25, 0.3) is 0 Å². The van der Waals surface area contributed by atoms with E-state index in [4.69, 9.17) is 0 Å². The van der Waals surface area contributed by atoms with E-state index < -0.39 is 0 Å². The first-order valence-electron chi connectivity index (χ1n) is 4.11. The summed E-state index contributed by atoms with van der Waals surface area (Å²) in [5.74, 6) is 0.813. The Morgan fingerprint density at radius 2 is 2.46 bits per heavy atom. The third-order valence-corrected chi connectivity index (χ3v) is 1.89. The fraction of sp³-hybridized carbons (Fsp3) is 0.429. The molecule has 2 aromatic heterocycles. The predicted molar refractivity (Wildman–Crippen MR) is 44.8 cm³/mol. The maximum atomic E-state index is 4.09. The predicted octanol–water partition coefficient (Wildman–Crippen LogP) is 0.396. The van der Waals surface area contributed by atoms with E-state index in [1.807, 2.05) is 0 Å². The zero-order valence-electron chi connectivity index (χ0n) is 7.25. The van der Waals surface area contributed by atoms with Crippen LogP contribution in [0.5, 0.6) is 0 Å². The van der Waals surface area contributed by atoms with Gasteiger partial charge in [-0.1, -0.05) is 6.92 Å². The third-order valence-electron chi connectivity index (χ3n) is 1.89. The van der Waals surface area contributed by atoms with Gasteiger partial charge >= 0.3 is 0 Å². The third kappa shape index (κ3) is 1.42. The summed E-state index contributed by atoms with van der Waals surface area (Å²) in [5.41, 5.74) is 0. The molecule has 0 fully saturated rings. The minimum absolute atomic E-state index is 0.102. The summed E-state index contributed by atoms with van der Waals surface area (Å²) in [6.07, 6.45) is 5.59. The summed E-state index contributed by atoms with van der Waals surface area (Å²) < 4.78 is 1.76. The van der Waals surface area contributed by atoms with Crippen LogP contribution in [0.2, 0.25) is 0 Å². The molecule has 68 valence electrons. The van der Waals surface area contributed by atoms with Crippen LogP contribution < -0.4 is 0 Å². The van der Waals surface area contributed by atoms with E-state index in [0.717, 1.165) is 12.2 Å². The molecule has 0 saturated carbocycles. The molecule has 0 saturated heterocycles. The van der Waals surface area contributed by atoms with Crippen LogP contribution in [0.15, 0.2) is 19.0 Å². The van der Waals surface area contributed by atoms with Crippen molar-refractivity contribution >= 4 is 0 Å².